The summed E-state index contributed by atoms with van der Waals surface area (Å²) in [5, 5.41) is 11.7. The molecular weight excluding hydrogens is 344 g/mol. The zero-order valence-corrected chi connectivity index (χ0v) is 15.0. The summed E-state index contributed by atoms with van der Waals surface area (Å²) in [5.41, 5.74) is 0.711. The lowest BCUT2D eigenvalue weighted by Gasteiger charge is -2.34. The Balaban J connectivity index is 1.82. The number of urea groups is 1. The number of hydrogen-bond acceptors (Lipinski definition) is 4. The Labute approximate surface area is 147 Å². The Morgan fingerprint density at radius 2 is 1.92 bits per heavy atom. The van der Waals surface area contributed by atoms with E-state index in [1.165, 1.54) is 4.90 Å². The number of carbonyl (C=O) groups excluding carboxylic acids is 1. The molecule has 7 nitrogen and oxygen atoms in total. The van der Waals surface area contributed by atoms with Crippen LogP contribution in [0.3, 0.4) is 0 Å². The molecule has 1 aromatic rings. The van der Waals surface area contributed by atoms with Crippen molar-refractivity contribution in [2.24, 2.45) is 11.8 Å². The molecule has 0 radical (unpaired) electrons. The van der Waals surface area contributed by atoms with Crippen molar-refractivity contribution in [2.45, 2.75) is 19.1 Å². The number of likely N-dealkylation sites (tertiary alicyclic amines) is 1. The van der Waals surface area contributed by atoms with Crippen molar-refractivity contribution < 1.29 is 23.1 Å². The molecule has 1 aliphatic heterocycles. The Kier molecular flexibility index (Phi) is 6.41. The lowest BCUT2D eigenvalue weighted by atomic mass is 9.91. The van der Waals surface area contributed by atoms with E-state index in [0.29, 0.717) is 18.5 Å². The molecule has 0 aromatic heterocycles. The van der Waals surface area contributed by atoms with Gasteiger partial charge in [0.05, 0.1) is 17.4 Å². The number of hydrogen-bond donors (Lipinski definition) is 2. The fraction of sp³-hybridized carbons (Fsp3) is 0.529. The molecule has 2 unspecified atom stereocenters. The highest BCUT2D eigenvalue weighted by Crippen LogP contribution is 2.21. The van der Waals surface area contributed by atoms with Gasteiger partial charge in [-0.25, -0.2) is 13.2 Å². The largest absolute Gasteiger partial charge is 0.481 e. The average molecular weight is 368 g/mol. The standard InChI is InChI=1S/C17H24N2O5S/c1-13-9-15(16(20)21)11-19(10-13)17(22)18-7-8-25(23,24)12-14-5-3-2-4-6-14/h2-6,13,15H,7-12H2,1H3,(H,18,22)(H,20,21). The van der Waals surface area contributed by atoms with Crippen molar-refractivity contribution in [3.63, 3.8) is 0 Å². The zero-order chi connectivity index (χ0) is 18.4. The van der Waals surface area contributed by atoms with Gasteiger partial charge in [0, 0.05) is 19.6 Å². The van der Waals surface area contributed by atoms with E-state index in [0.717, 1.165) is 0 Å². The smallest absolute Gasteiger partial charge is 0.317 e. The van der Waals surface area contributed by atoms with E-state index in [1.54, 1.807) is 24.3 Å². The molecule has 1 saturated heterocycles. The number of nitrogens with zero attached hydrogens (tertiary/aromatic N) is 1. The van der Waals surface area contributed by atoms with Crippen LogP contribution < -0.4 is 5.32 Å². The third-order valence-electron chi connectivity index (χ3n) is 4.21. The maximum absolute atomic E-state index is 12.2. The Morgan fingerprint density at radius 1 is 1.24 bits per heavy atom. The molecule has 25 heavy (non-hydrogen) atoms. The first-order valence-electron chi connectivity index (χ1n) is 8.27. The van der Waals surface area contributed by atoms with Gasteiger partial charge in [0.25, 0.3) is 0 Å². The summed E-state index contributed by atoms with van der Waals surface area (Å²) in [7, 11) is -3.32. The third-order valence-corrected chi connectivity index (χ3v) is 5.81. The molecule has 1 aromatic carbocycles. The van der Waals surface area contributed by atoms with Gasteiger partial charge < -0.3 is 15.3 Å². The van der Waals surface area contributed by atoms with Crippen LogP contribution in [0.5, 0.6) is 0 Å². The summed E-state index contributed by atoms with van der Waals surface area (Å²) in [4.78, 5) is 24.8. The zero-order valence-electron chi connectivity index (χ0n) is 14.2. The SMILES string of the molecule is CC1CC(C(=O)O)CN(C(=O)NCCS(=O)(=O)Cc2ccccc2)C1. The quantitative estimate of drug-likeness (QED) is 0.789. The van der Waals surface area contributed by atoms with E-state index in [-0.39, 0.29) is 30.5 Å². The number of carboxylic acids is 1. The first kappa shape index (κ1) is 19.2. The Hall–Kier alpha value is -2.09. The molecule has 0 bridgehead atoms. The van der Waals surface area contributed by atoms with Crippen molar-refractivity contribution in [2.75, 3.05) is 25.4 Å². The average Bonchev–Trinajstić information content (AvgIpc) is 2.54. The summed E-state index contributed by atoms with van der Waals surface area (Å²) in [6.45, 7) is 2.55. The van der Waals surface area contributed by atoms with E-state index in [9.17, 15) is 18.0 Å². The first-order valence-corrected chi connectivity index (χ1v) is 10.1. The molecule has 1 heterocycles. The number of rotatable bonds is 6. The van der Waals surface area contributed by atoms with Gasteiger partial charge in [-0.15, -0.1) is 0 Å². The molecule has 138 valence electrons. The fourth-order valence-electron chi connectivity index (χ4n) is 3.02. The minimum Gasteiger partial charge on any atom is -0.481 e. The van der Waals surface area contributed by atoms with Crippen LogP contribution in [-0.4, -0.2) is 55.8 Å². The molecule has 0 saturated carbocycles. The number of benzene rings is 1. The van der Waals surface area contributed by atoms with Crippen molar-refractivity contribution in [3.8, 4) is 0 Å². The molecular formula is C17H24N2O5S. The van der Waals surface area contributed by atoms with Crippen LogP contribution in [0.25, 0.3) is 0 Å². The minimum atomic E-state index is -3.32. The molecule has 2 amide bonds. The van der Waals surface area contributed by atoms with Crippen LogP contribution in [0.2, 0.25) is 0 Å². The Bertz CT molecular complexity index is 705. The lowest BCUT2D eigenvalue weighted by Crippen LogP contribution is -2.50. The van der Waals surface area contributed by atoms with Crippen LogP contribution >= 0.6 is 0 Å². The summed E-state index contributed by atoms with van der Waals surface area (Å²) in [5.74, 6) is -1.60. The molecule has 2 rings (SSSR count). The number of sulfone groups is 1. The van der Waals surface area contributed by atoms with Gasteiger partial charge in [-0.05, 0) is 17.9 Å². The number of carbonyl (C=O) groups is 2. The highest BCUT2D eigenvalue weighted by molar-refractivity contribution is 7.90. The number of nitrogens with one attached hydrogen (secondary N) is 1. The number of amides is 2. The van der Waals surface area contributed by atoms with Crippen molar-refractivity contribution >= 4 is 21.8 Å². The Morgan fingerprint density at radius 3 is 2.56 bits per heavy atom. The van der Waals surface area contributed by atoms with Gasteiger partial charge >= 0.3 is 12.0 Å². The van der Waals surface area contributed by atoms with Crippen LogP contribution in [0.15, 0.2) is 30.3 Å². The van der Waals surface area contributed by atoms with Crippen LogP contribution in [0, 0.1) is 11.8 Å². The van der Waals surface area contributed by atoms with Crippen LogP contribution in [0.1, 0.15) is 18.9 Å². The second kappa shape index (κ2) is 8.33. The van der Waals surface area contributed by atoms with Crippen LogP contribution in [-0.2, 0) is 20.4 Å². The molecule has 0 spiro atoms. The second-order valence-corrected chi connectivity index (χ2v) is 8.77. The predicted molar refractivity (Wildman–Crippen MR) is 93.8 cm³/mol. The topological polar surface area (TPSA) is 104 Å². The molecule has 2 N–H and O–H groups in total. The van der Waals surface area contributed by atoms with E-state index in [4.69, 9.17) is 5.11 Å². The molecule has 8 heteroatoms. The second-order valence-electron chi connectivity index (χ2n) is 6.59. The molecule has 2 atom stereocenters. The van der Waals surface area contributed by atoms with Crippen molar-refractivity contribution in [1.29, 1.82) is 0 Å². The maximum Gasteiger partial charge on any atom is 0.317 e. The van der Waals surface area contributed by atoms with Gasteiger partial charge in [0.1, 0.15) is 0 Å². The number of carboxylic acid groups (broad SMARTS) is 1. The van der Waals surface area contributed by atoms with Gasteiger partial charge in [0.15, 0.2) is 9.84 Å². The third kappa shape index (κ3) is 6.04. The van der Waals surface area contributed by atoms with E-state index in [2.05, 4.69) is 5.32 Å². The van der Waals surface area contributed by atoms with Crippen molar-refractivity contribution in [3.05, 3.63) is 35.9 Å². The van der Waals surface area contributed by atoms with Gasteiger partial charge in [0.2, 0.25) is 0 Å². The van der Waals surface area contributed by atoms with Gasteiger partial charge in [-0.1, -0.05) is 37.3 Å². The summed E-state index contributed by atoms with van der Waals surface area (Å²) < 4.78 is 24.2. The predicted octanol–water partition coefficient (Wildman–Crippen LogP) is 1.35. The molecule has 1 fully saturated rings. The lowest BCUT2D eigenvalue weighted by molar-refractivity contribution is -0.143. The van der Waals surface area contributed by atoms with E-state index in [1.807, 2.05) is 13.0 Å². The summed E-state index contributed by atoms with van der Waals surface area (Å²) in [6, 6.07) is 8.47. The minimum absolute atomic E-state index is 0.0105. The fourth-order valence-corrected chi connectivity index (χ4v) is 4.28. The first-order chi connectivity index (χ1) is 11.8. The summed E-state index contributed by atoms with van der Waals surface area (Å²) in [6.07, 6.45) is 0.546. The van der Waals surface area contributed by atoms with E-state index < -0.39 is 27.8 Å². The number of piperidine rings is 1. The number of aliphatic carboxylic acids is 1. The maximum atomic E-state index is 12.2. The van der Waals surface area contributed by atoms with Gasteiger partial charge in [-0.2, -0.15) is 0 Å². The van der Waals surface area contributed by atoms with E-state index >= 15 is 0 Å². The highest BCUT2D eigenvalue weighted by Gasteiger charge is 2.31. The van der Waals surface area contributed by atoms with Crippen LogP contribution in [0.4, 0.5) is 4.79 Å². The van der Waals surface area contributed by atoms with Crippen molar-refractivity contribution in [1.82, 2.24) is 10.2 Å². The molecule has 1 aliphatic rings. The van der Waals surface area contributed by atoms with Gasteiger partial charge in [-0.3, -0.25) is 4.79 Å². The summed E-state index contributed by atoms with van der Waals surface area (Å²) >= 11 is 0. The normalized spacial score (nSPS) is 20.9. The monoisotopic (exact) mass is 368 g/mol. The molecule has 0 aliphatic carbocycles. The highest BCUT2D eigenvalue weighted by atomic mass is 32.2.